The lowest BCUT2D eigenvalue weighted by molar-refractivity contribution is 0.0923. The molecule has 0 aliphatic carbocycles. The first-order chi connectivity index (χ1) is 20.8. The Bertz CT molecular complexity index is 1740. The minimum atomic E-state index is -0.530. The number of aromatic nitrogens is 1. The highest BCUT2D eigenvalue weighted by Crippen LogP contribution is 2.36. The van der Waals surface area contributed by atoms with Crippen molar-refractivity contribution in [2.75, 3.05) is 7.11 Å². The van der Waals surface area contributed by atoms with Gasteiger partial charge >= 0.3 is 5.91 Å². The largest absolute Gasteiger partial charge is 0.493 e. The molecule has 0 aliphatic heterocycles. The standard InChI is InChI=1S/C33H29ClFN3O5/c1-21-7-8-22(2)38(21)26-9-11-27(12-10-26)41-20-28-13-14-30(43-28)33(39)37-36-18-24-16-29(34)32(31(17-24)40-3)42-19-23-5-4-6-25(35)15-23/h4-18H,19-20H2,1-3H3,(H,37,39)/b36-18+. The lowest BCUT2D eigenvalue weighted by Gasteiger charge is -2.13. The molecular formula is C33H29ClFN3O5. The number of nitrogens with zero attached hydrogens (tertiary/aromatic N) is 2. The number of benzene rings is 3. The maximum atomic E-state index is 13.5. The number of ether oxygens (including phenoxy) is 3. The van der Waals surface area contributed by atoms with Gasteiger partial charge in [0.1, 0.15) is 30.5 Å². The summed E-state index contributed by atoms with van der Waals surface area (Å²) in [6, 6.07) is 24.5. The predicted octanol–water partition coefficient (Wildman–Crippen LogP) is 7.41. The van der Waals surface area contributed by atoms with Gasteiger partial charge in [0.2, 0.25) is 0 Å². The number of hydrazone groups is 1. The Balaban J connectivity index is 1.14. The van der Waals surface area contributed by atoms with Gasteiger partial charge < -0.3 is 23.2 Å². The number of rotatable bonds is 11. The van der Waals surface area contributed by atoms with Gasteiger partial charge in [-0.2, -0.15) is 5.10 Å². The third-order valence-electron chi connectivity index (χ3n) is 6.54. The molecule has 0 saturated carbocycles. The minimum Gasteiger partial charge on any atom is -0.493 e. The van der Waals surface area contributed by atoms with Gasteiger partial charge in [-0.15, -0.1) is 0 Å². The second-order valence-corrected chi connectivity index (χ2v) is 10.1. The second-order valence-electron chi connectivity index (χ2n) is 9.65. The summed E-state index contributed by atoms with van der Waals surface area (Å²) in [7, 11) is 1.47. The second kappa shape index (κ2) is 13.3. The average molecular weight is 602 g/mol. The molecule has 2 heterocycles. The van der Waals surface area contributed by atoms with E-state index in [4.69, 9.17) is 30.2 Å². The van der Waals surface area contributed by atoms with Gasteiger partial charge in [0.15, 0.2) is 17.3 Å². The van der Waals surface area contributed by atoms with E-state index in [2.05, 4.69) is 41.1 Å². The van der Waals surface area contributed by atoms with Crippen molar-refractivity contribution in [1.82, 2.24) is 9.99 Å². The van der Waals surface area contributed by atoms with Crippen LogP contribution in [0.2, 0.25) is 5.02 Å². The maximum absolute atomic E-state index is 13.5. The number of aryl methyl sites for hydroxylation is 2. The van der Waals surface area contributed by atoms with E-state index >= 15 is 0 Å². The van der Waals surface area contributed by atoms with Crippen molar-refractivity contribution in [3.05, 3.63) is 130 Å². The van der Waals surface area contributed by atoms with Crippen molar-refractivity contribution < 1.29 is 27.8 Å². The molecule has 3 aromatic carbocycles. The highest BCUT2D eigenvalue weighted by molar-refractivity contribution is 6.32. The molecule has 43 heavy (non-hydrogen) atoms. The fourth-order valence-electron chi connectivity index (χ4n) is 4.46. The highest BCUT2D eigenvalue weighted by Gasteiger charge is 2.14. The third-order valence-corrected chi connectivity index (χ3v) is 6.82. The van der Waals surface area contributed by atoms with Crippen LogP contribution in [-0.4, -0.2) is 23.8 Å². The van der Waals surface area contributed by atoms with E-state index in [1.807, 2.05) is 24.3 Å². The zero-order valence-electron chi connectivity index (χ0n) is 23.8. The van der Waals surface area contributed by atoms with E-state index in [9.17, 15) is 9.18 Å². The predicted molar refractivity (Wildman–Crippen MR) is 162 cm³/mol. The summed E-state index contributed by atoms with van der Waals surface area (Å²) in [5.41, 5.74) is 6.99. The molecule has 5 rings (SSSR count). The molecule has 2 aromatic heterocycles. The molecule has 8 nitrogen and oxygen atoms in total. The molecular weight excluding hydrogens is 573 g/mol. The van der Waals surface area contributed by atoms with Gasteiger partial charge in [0, 0.05) is 17.1 Å². The van der Waals surface area contributed by atoms with Crippen molar-refractivity contribution >= 4 is 23.7 Å². The number of hydrogen-bond acceptors (Lipinski definition) is 6. The van der Waals surface area contributed by atoms with Crippen LogP contribution in [-0.2, 0) is 13.2 Å². The maximum Gasteiger partial charge on any atom is 0.307 e. The first kappa shape index (κ1) is 29.5. The third kappa shape index (κ3) is 7.25. The summed E-state index contributed by atoms with van der Waals surface area (Å²) >= 11 is 6.41. The fraction of sp³-hybridized carbons (Fsp3) is 0.152. The number of carbonyl (C=O) groups excluding carboxylic acids is 1. The smallest absolute Gasteiger partial charge is 0.307 e. The van der Waals surface area contributed by atoms with Crippen LogP contribution in [0.25, 0.3) is 5.69 Å². The number of halogens is 2. The lowest BCUT2D eigenvalue weighted by atomic mass is 10.2. The molecule has 5 aromatic rings. The van der Waals surface area contributed by atoms with Crippen LogP contribution < -0.4 is 19.6 Å². The van der Waals surface area contributed by atoms with Crippen LogP contribution in [0.4, 0.5) is 4.39 Å². The van der Waals surface area contributed by atoms with Crippen molar-refractivity contribution in [1.29, 1.82) is 0 Å². The Morgan fingerprint density at radius 2 is 1.74 bits per heavy atom. The van der Waals surface area contributed by atoms with Crippen LogP contribution in [0, 0.1) is 19.7 Å². The number of methoxy groups -OCH3 is 1. The lowest BCUT2D eigenvalue weighted by Crippen LogP contribution is -2.16. The number of furan rings is 1. The van der Waals surface area contributed by atoms with Crippen LogP contribution in [0.5, 0.6) is 17.2 Å². The molecule has 0 bridgehead atoms. The molecule has 1 amide bonds. The quantitative estimate of drug-likeness (QED) is 0.126. The van der Waals surface area contributed by atoms with Crippen molar-refractivity contribution in [3.63, 3.8) is 0 Å². The van der Waals surface area contributed by atoms with E-state index in [1.54, 1.807) is 36.4 Å². The van der Waals surface area contributed by atoms with E-state index in [0.29, 0.717) is 34.1 Å². The molecule has 220 valence electrons. The first-order valence-electron chi connectivity index (χ1n) is 13.4. The van der Waals surface area contributed by atoms with Gasteiger partial charge in [-0.1, -0.05) is 23.7 Å². The molecule has 0 fully saturated rings. The van der Waals surface area contributed by atoms with Crippen LogP contribution in [0.15, 0.2) is 94.4 Å². The summed E-state index contributed by atoms with van der Waals surface area (Å²) in [4.78, 5) is 12.6. The molecule has 0 unspecified atom stereocenters. The number of hydrogen-bond donors (Lipinski definition) is 1. The molecule has 0 saturated heterocycles. The molecule has 1 N–H and O–H groups in total. The summed E-state index contributed by atoms with van der Waals surface area (Å²) in [5.74, 6) is 1.03. The Hall–Kier alpha value is -5.02. The molecule has 0 atom stereocenters. The summed E-state index contributed by atoms with van der Waals surface area (Å²) < 4.78 is 38.3. The molecule has 0 radical (unpaired) electrons. The number of amides is 1. The van der Waals surface area contributed by atoms with Gasteiger partial charge in [-0.3, -0.25) is 4.79 Å². The van der Waals surface area contributed by atoms with Crippen LogP contribution in [0.3, 0.4) is 0 Å². The normalized spacial score (nSPS) is 11.1. The number of nitrogens with one attached hydrogen (secondary N) is 1. The zero-order chi connectivity index (χ0) is 30.3. The minimum absolute atomic E-state index is 0.0846. The summed E-state index contributed by atoms with van der Waals surface area (Å²) in [6.45, 7) is 4.38. The topological polar surface area (TPSA) is 87.2 Å². The Labute approximate surface area is 253 Å². The monoisotopic (exact) mass is 601 g/mol. The Morgan fingerprint density at radius 3 is 2.47 bits per heavy atom. The van der Waals surface area contributed by atoms with Gasteiger partial charge in [-0.05, 0) is 97.8 Å². The summed E-state index contributed by atoms with van der Waals surface area (Å²) in [5, 5.41) is 4.26. The molecule has 10 heteroatoms. The van der Waals surface area contributed by atoms with Gasteiger partial charge in [-0.25, -0.2) is 9.82 Å². The molecule has 0 spiro atoms. The van der Waals surface area contributed by atoms with Crippen molar-refractivity contribution in [2.45, 2.75) is 27.1 Å². The number of carbonyl (C=O) groups is 1. The SMILES string of the molecule is COc1cc(/C=N/NC(=O)c2ccc(COc3ccc(-n4c(C)ccc4C)cc3)o2)cc(Cl)c1OCc1cccc(F)c1. The van der Waals surface area contributed by atoms with Crippen molar-refractivity contribution in [2.24, 2.45) is 5.10 Å². The van der Waals surface area contributed by atoms with Crippen LogP contribution in [0.1, 0.15) is 38.8 Å². The van der Waals surface area contributed by atoms with E-state index < -0.39 is 5.91 Å². The van der Waals surface area contributed by atoms with E-state index in [-0.39, 0.29) is 29.8 Å². The summed E-state index contributed by atoms with van der Waals surface area (Å²) in [6.07, 6.45) is 1.41. The van der Waals surface area contributed by atoms with Gasteiger partial charge in [0.25, 0.3) is 0 Å². The highest BCUT2D eigenvalue weighted by atomic mass is 35.5. The molecule has 0 aliphatic rings. The van der Waals surface area contributed by atoms with Crippen molar-refractivity contribution in [3.8, 4) is 22.9 Å². The fourth-order valence-corrected chi connectivity index (χ4v) is 4.73. The first-order valence-corrected chi connectivity index (χ1v) is 13.7. The van der Waals surface area contributed by atoms with E-state index in [1.165, 1.54) is 25.5 Å². The van der Waals surface area contributed by atoms with Gasteiger partial charge in [0.05, 0.1) is 18.3 Å². The average Bonchev–Trinajstić information content (AvgIpc) is 3.61. The van der Waals surface area contributed by atoms with Crippen LogP contribution >= 0.6 is 11.6 Å². The Morgan fingerprint density at radius 1 is 0.977 bits per heavy atom. The van der Waals surface area contributed by atoms with E-state index in [0.717, 1.165) is 17.1 Å². The Kier molecular flexibility index (Phi) is 9.12. The zero-order valence-corrected chi connectivity index (χ0v) is 24.5.